The van der Waals surface area contributed by atoms with Crippen LogP contribution in [0.25, 0.3) is 0 Å². The van der Waals surface area contributed by atoms with Crippen molar-refractivity contribution in [2.24, 2.45) is 0 Å². The first kappa shape index (κ1) is 16.9. The van der Waals surface area contributed by atoms with Crippen molar-refractivity contribution in [2.75, 3.05) is 5.32 Å². The Hall–Kier alpha value is -2.93. The number of benzene rings is 1. The minimum Gasteiger partial charge on any atom is -0.459 e. The number of aryl methyl sites for hydroxylation is 1. The van der Waals surface area contributed by atoms with Gasteiger partial charge in [0.25, 0.3) is 5.91 Å². The highest BCUT2D eigenvalue weighted by molar-refractivity contribution is 7.90. The van der Waals surface area contributed by atoms with Crippen molar-refractivity contribution < 1.29 is 17.6 Å². The number of hydrogen-bond donors (Lipinski definition) is 1. The number of carbonyl (C=O) groups is 1. The first-order chi connectivity index (χ1) is 12.0. The van der Waals surface area contributed by atoms with Crippen LogP contribution in [0.1, 0.15) is 21.7 Å². The molecule has 0 aliphatic carbocycles. The number of sulfone groups is 1. The van der Waals surface area contributed by atoms with Gasteiger partial charge in [0.15, 0.2) is 15.6 Å². The highest BCUT2D eigenvalue weighted by Crippen LogP contribution is 2.20. The number of rotatable bonds is 5. The fourth-order valence-electron chi connectivity index (χ4n) is 2.34. The highest BCUT2D eigenvalue weighted by atomic mass is 32.2. The van der Waals surface area contributed by atoms with Crippen molar-refractivity contribution in [1.82, 2.24) is 4.98 Å². The van der Waals surface area contributed by atoms with Crippen LogP contribution in [-0.2, 0) is 15.6 Å². The lowest BCUT2D eigenvalue weighted by Crippen LogP contribution is -2.15. The summed E-state index contributed by atoms with van der Waals surface area (Å²) in [5, 5.41) is 2.61. The zero-order valence-corrected chi connectivity index (χ0v) is 14.3. The molecule has 0 atom stereocenters. The Labute approximate surface area is 145 Å². The molecule has 128 valence electrons. The van der Waals surface area contributed by atoms with Crippen molar-refractivity contribution in [3.8, 4) is 0 Å². The normalized spacial score (nSPS) is 11.2. The van der Waals surface area contributed by atoms with Crippen molar-refractivity contribution in [2.45, 2.75) is 17.6 Å². The molecular weight excluding hydrogens is 340 g/mol. The number of anilines is 1. The van der Waals surface area contributed by atoms with Gasteiger partial charge in [-0.25, -0.2) is 13.4 Å². The zero-order chi connectivity index (χ0) is 17.9. The summed E-state index contributed by atoms with van der Waals surface area (Å²) in [6.07, 6.45) is 2.88. The molecule has 0 aliphatic rings. The summed E-state index contributed by atoms with van der Waals surface area (Å²) in [6.45, 7) is 1.88. The van der Waals surface area contributed by atoms with E-state index in [1.807, 2.05) is 6.92 Å². The molecule has 1 aromatic carbocycles. The van der Waals surface area contributed by atoms with Crippen LogP contribution in [0.5, 0.6) is 0 Å². The minimum absolute atomic E-state index is 0.0391. The molecule has 0 unspecified atom stereocenters. The number of nitrogens with zero attached hydrogens (tertiary/aromatic N) is 1. The van der Waals surface area contributed by atoms with Gasteiger partial charge >= 0.3 is 0 Å². The average Bonchev–Trinajstić information content (AvgIpc) is 3.03. The van der Waals surface area contributed by atoms with Crippen molar-refractivity contribution in [3.63, 3.8) is 0 Å². The second-order valence-corrected chi connectivity index (χ2v) is 7.51. The molecule has 3 aromatic rings. The molecule has 2 aromatic heterocycles. The Bertz CT molecular complexity index is 995. The summed E-state index contributed by atoms with van der Waals surface area (Å²) in [5.41, 5.74) is 1.24. The van der Waals surface area contributed by atoms with Gasteiger partial charge in [-0.3, -0.25) is 4.79 Å². The molecule has 1 amide bonds. The van der Waals surface area contributed by atoms with E-state index < -0.39 is 15.7 Å². The lowest BCUT2D eigenvalue weighted by atomic mass is 10.2. The maximum Gasteiger partial charge on any atom is 0.292 e. The van der Waals surface area contributed by atoms with Crippen LogP contribution in [0.4, 0.5) is 5.82 Å². The fourth-order valence-corrected chi connectivity index (χ4v) is 3.72. The summed E-state index contributed by atoms with van der Waals surface area (Å²) >= 11 is 0. The van der Waals surface area contributed by atoms with Gasteiger partial charge in [0, 0.05) is 11.8 Å². The quantitative estimate of drug-likeness (QED) is 0.758. The lowest BCUT2D eigenvalue weighted by molar-refractivity contribution is 0.0995. The average molecular weight is 356 g/mol. The summed E-state index contributed by atoms with van der Waals surface area (Å²) < 4.78 is 30.2. The molecule has 0 fully saturated rings. The number of furan rings is 1. The Morgan fingerprint density at radius 3 is 2.64 bits per heavy atom. The standard InChI is InChI=1S/C18H16N2O4S/c1-13-7-9-19-16(11-13)20-18(21)17-14(8-10-24-17)12-25(22,23)15-5-3-2-4-6-15/h2-11H,12H2,1H3,(H,19,20,21). The van der Waals surface area contributed by atoms with Gasteiger partial charge in [-0.2, -0.15) is 0 Å². The summed E-state index contributed by atoms with van der Waals surface area (Å²) in [7, 11) is -3.57. The topological polar surface area (TPSA) is 89.3 Å². The lowest BCUT2D eigenvalue weighted by Gasteiger charge is -2.06. The van der Waals surface area contributed by atoms with E-state index in [1.165, 1.54) is 24.5 Å². The monoisotopic (exact) mass is 356 g/mol. The third kappa shape index (κ3) is 3.95. The third-order valence-corrected chi connectivity index (χ3v) is 5.24. The number of nitrogens with one attached hydrogen (secondary N) is 1. The molecule has 3 rings (SSSR count). The van der Waals surface area contributed by atoms with E-state index in [0.717, 1.165) is 5.56 Å². The van der Waals surface area contributed by atoms with Gasteiger partial charge < -0.3 is 9.73 Å². The molecule has 0 saturated carbocycles. The van der Waals surface area contributed by atoms with E-state index >= 15 is 0 Å². The van der Waals surface area contributed by atoms with E-state index in [2.05, 4.69) is 10.3 Å². The first-order valence-corrected chi connectivity index (χ1v) is 9.19. The second kappa shape index (κ2) is 6.90. The molecule has 1 N–H and O–H groups in total. The number of pyridine rings is 1. The maximum absolute atomic E-state index is 12.5. The van der Waals surface area contributed by atoms with E-state index in [-0.39, 0.29) is 16.4 Å². The molecule has 0 spiro atoms. The van der Waals surface area contributed by atoms with Gasteiger partial charge in [0.05, 0.1) is 16.9 Å². The first-order valence-electron chi connectivity index (χ1n) is 7.54. The smallest absolute Gasteiger partial charge is 0.292 e. The van der Waals surface area contributed by atoms with Crippen molar-refractivity contribution in [1.29, 1.82) is 0 Å². The number of aromatic nitrogens is 1. The van der Waals surface area contributed by atoms with Gasteiger partial charge in [-0.15, -0.1) is 0 Å². The van der Waals surface area contributed by atoms with Crippen LogP contribution in [0.2, 0.25) is 0 Å². The van der Waals surface area contributed by atoms with Crippen LogP contribution >= 0.6 is 0 Å². The molecule has 25 heavy (non-hydrogen) atoms. The molecular formula is C18H16N2O4S. The van der Waals surface area contributed by atoms with Crippen LogP contribution in [0.15, 0.2) is 70.3 Å². The van der Waals surface area contributed by atoms with E-state index in [0.29, 0.717) is 11.4 Å². The van der Waals surface area contributed by atoms with Gasteiger partial charge in [0.1, 0.15) is 5.82 Å². The molecule has 6 nitrogen and oxygen atoms in total. The SMILES string of the molecule is Cc1ccnc(NC(=O)c2occc2CS(=O)(=O)c2ccccc2)c1. The van der Waals surface area contributed by atoms with Crippen LogP contribution in [-0.4, -0.2) is 19.3 Å². The van der Waals surface area contributed by atoms with Gasteiger partial charge in [0.2, 0.25) is 0 Å². The second-order valence-electron chi connectivity index (χ2n) is 5.52. The molecule has 0 radical (unpaired) electrons. The highest BCUT2D eigenvalue weighted by Gasteiger charge is 2.22. The summed E-state index contributed by atoms with van der Waals surface area (Å²) in [5.74, 6) is -0.528. The van der Waals surface area contributed by atoms with Crippen LogP contribution < -0.4 is 5.32 Å². The largest absolute Gasteiger partial charge is 0.459 e. The van der Waals surface area contributed by atoms with Crippen LogP contribution in [0.3, 0.4) is 0 Å². The molecule has 0 bridgehead atoms. The van der Waals surface area contributed by atoms with Gasteiger partial charge in [-0.1, -0.05) is 18.2 Å². The maximum atomic E-state index is 12.5. The number of hydrogen-bond acceptors (Lipinski definition) is 5. The minimum atomic E-state index is -3.57. The summed E-state index contributed by atoms with van der Waals surface area (Å²) in [4.78, 5) is 16.6. The Morgan fingerprint density at radius 2 is 1.92 bits per heavy atom. The molecule has 0 aliphatic heterocycles. The Morgan fingerprint density at radius 1 is 1.16 bits per heavy atom. The third-order valence-electron chi connectivity index (χ3n) is 3.56. The van der Waals surface area contributed by atoms with E-state index in [1.54, 1.807) is 36.5 Å². The Balaban J connectivity index is 1.82. The Kier molecular flexibility index (Phi) is 4.67. The number of amides is 1. The predicted octanol–water partition coefficient (Wildman–Crippen LogP) is 3.21. The molecule has 2 heterocycles. The van der Waals surface area contributed by atoms with Gasteiger partial charge in [-0.05, 0) is 42.8 Å². The van der Waals surface area contributed by atoms with E-state index in [9.17, 15) is 13.2 Å². The number of carbonyl (C=O) groups excluding carboxylic acids is 1. The molecule has 7 heteroatoms. The predicted molar refractivity (Wildman–Crippen MR) is 93.0 cm³/mol. The van der Waals surface area contributed by atoms with Crippen LogP contribution in [0, 0.1) is 6.92 Å². The van der Waals surface area contributed by atoms with Crippen molar-refractivity contribution in [3.05, 3.63) is 77.9 Å². The zero-order valence-electron chi connectivity index (χ0n) is 13.5. The summed E-state index contributed by atoms with van der Waals surface area (Å²) in [6, 6.07) is 13.1. The molecule has 0 saturated heterocycles. The van der Waals surface area contributed by atoms with E-state index in [4.69, 9.17) is 4.42 Å². The van der Waals surface area contributed by atoms with Crippen molar-refractivity contribution >= 4 is 21.6 Å². The fraction of sp³-hybridized carbons (Fsp3) is 0.111.